The summed E-state index contributed by atoms with van der Waals surface area (Å²) in [5, 5.41) is 13.1. The number of rotatable bonds is 3. The quantitative estimate of drug-likeness (QED) is 0.142. The predicted molar refractivity (Wildman–Crippen MR) is 210 cm³/mol. The molecule has 0 aliphatic rings. The van der Waals surface area contributed by atoms with Crippen LogP contribution in [0.3, 0.4) is 0 Å². The Hall–Kier alpha value is -6.64. The fraction of sp³-hybridized carbons (Fsp3) is 0. The molecule has 0 saturated carbocycles. The Bertz CT molecular complexity index is 3080. The summed E-state index contributed by atoms with van der Waals surface area (Å²) in [6.45, 7) is 0. The van der Waals surface area contributed by atoms with Gasteiger partial charge in [-0.25, -0.2) is 0 Å². The van der Waals surface area contributed by atoms with Crippen molar-refractivity contribution in [1.29, 1.82) is 0 Å². The van der Waals surface area contributed by atoms with Gasteiger partial charge in [-0.15, -0.1) is 0 Å². The average Bonchev–Trinajstić information content (AvgIpc) is 3.79. The van der Waals surface area contributed by atoms with Crippen molar-refractivity contribution in [2.24, 2.45) is 0 Å². The van der Waals surface area contributed by atoms with Crippen LogP contribution in [0.5, 0.6) is 0 Å². The van der Waals surface area contributed by atoms with Gasteiger partial charge in [-0.2, -0.15) is 0 Å². The molecule has 0 spiro atoms. The van der Waals surface area contributed by atoms with Crippen LogP contribution in [0.1, 0.15) is 0 Å². The van der Waals surface area contributed by atoms with Crippen LogP contribution in [0.25, 0.3) is 109 Å². The molecular weight excluding hydrogens is 609 g/mol. The van der Waals surface area contributed by atoms with Crippen molar-refractivity contribution in [3.05, 3.63) is 170 Å². The van der Waals surface area contributed by atoms with Gasteiger partial charge in [-0.1, -0.05) is 146 Å². The summed E-state index contributed by atoms with van der Waals surface area (Å²) < 4.78 is 13.1. The van der Waals surface area contributed by atoms with E-state index in [1.807, 2.05) is 12.3 Å². The fourth-order valence-electron chi connectivity index (χ4n) is 8.38. The van der Waals surface area contributed by atoms with Gasteiger partial charge in [0, 0.05) is 27.5 Å². The molecule has 0 aliphatic carbocycles. The highest BCUT2D eigenvalue weighted by Crippen LogP contribution is 2.49. The van der Waals surface area contributed by atoms with Gasteiger partial charge in [0.25, 0.3) is 0 Å². The molecular formula is C48H28O2. The van der Waals surface area contributed by atoms with Crippen LogP contribution in [-0.2, 0) is 0 Å². The molecule has 0 N–H and O–H groups in total. The van der Waals surface area contributed by atoms with E-state index in [1.165, 1.54) is 59.8 Å². The molecule has 0 saturated heterocycles. The van der Waals surface area contributed by atoms with Gasteiger partial charge in [0.05, 0.1) is 11.6 Å². The molecule has 2 heteroatoms. The molecule has 2 heterocycles. The second-order valence-corrected chi connectivity index (χ2v) is 13.1. The van der Waals surface area contributed by atoms with Crippen LogP contribution < -0.4 is 0 Å². The van der Waals surface area contributed by atoms with E-state index in [0.29, 0.717) is 0 Å². The highest BCUT2D eigenvalue weighted by molar-refractivity contribution is 6.28. The zero-order valence-electron chi connectivity index (χ0n) is 27.0. The number of hydrogen-bond donors (Lipinski definition) is 0. The Morgan fingerprint density at radius 3 is 1.62 bits per heavy atom. The third-order valence-corrected chi connectivity index (χ3v) is 10.5. The van der Waals surface area contributed by atoms with Crippen molar-refractivity contribution >= 4 is 76.0 Å². The first-order valence-corrected chi connectivity index (χ1v) is 17.1. The SMILES string of the molecule is c1ccc(-c2coc3ccc4c5cccc(-c6c7ccccc7c(-c7cc8ccccc8c8ccccc78)c7ccccc67)c5oc4c23)cc1. The summed E-state index contributed by atoms with van der Waals surface area (Å²) in [5.74, 6) is 0. The molecule has 0 unspecified atom stereocenters. The Morgan fingerprint density at radius 2 is 0.900 bits per heavy atom. The lowest BCUT2D eigenvalue weighted by atomic mass is 9.83. The molecule has 9 aromatic carbocycles. The number of furan rings is 2. The summed E-state index contributed by atoms with van der Waals surface area (Å²) in [5.41, 5.74) is 9.46. The van der Waals surface area contributed by atoms with Crippen molar-refractivity contribution in [2.75, 3.05) is 0 Å². The van der Waals surface area contributed by atoms with Crippen LogP contribution in [-0.4, -0.2) is 0 Å². The summed E-state index contributed by atoms with van der Waals surface area (Å²) >= 11 is 0. The normalized spacial score (nSPS) is 12.0. The Kier molecular flexibility index (Phi) is 5.70. The second-order valence-electron chi connectivity index (χ2n) is 13.1. The largest absolute Gasteiger partial charge is 0.464 e. The number of benzene rings is 9. The summed E-state index contributed by atoms with van der Waals surface area (Å²) in [7, 11) is 0. The van der Waals surface area contributed by atoms with E-state index in [0.717, 1.165) is 49.6 Å². The van der Waals surface area contributed by atoms with Crippen molar-refractivity contribution in [1.82, 2.24) is 0 Å². The van der Waals surface area contributed by atoms with Crippen molar-refractivity contribution in [2.45, 2.75) is 0 Å². The topological polar surface area (TPSA) is 26.3 Å². The maximum Gasteiger partial charge on any atom is 0.147 e. The molecule has 0 bridgehead atoms. The van der Waals surface area contributed by atoms with E-state index in [1.54, 1.807) is 0 Å². The zero-order chi connectivity index (χ0) is 32.8. The smallest absolute Gasteiger partial charge is 0.147 e. The fourth-order valence-corrected chi connectivity index (χ4v) is 8.38. The van der Waals surface area contributed by atoms with Crippen LogP contribution >= 0.6 is 0 Å². The molecule has 0 aliphatic heterocycles. The van der Waals surface area contributed by atoms with Gasteiger partial charge >= 0.3 is 0 Å². The van der Waals surface area contributed by atoms with E-state index < -0.39 is 0 Å². The van der Waals surface area contributed by atoms with Crippen molar-refractivity contribution in [3.63, 3.8) is 0 Å². The van der Waals surface area contributed by atoms with E-state index in [4.69, 9.17) is 8.83 Å². The maximum atomic E-state index is 7.03. The average molecular weight is 637 g/mol. The molecule has 0 amide bonds. The summed E-state index contributed by atoms with van der Waals surface area (Å²) in [6.07, 6.45) is 1.85. The first-order valence-electron chi connectivity index (χ1n) is 17.1. The Labute approximate surface area is 287 Å². The molecule has 11 rings (SSSR count). The zero-order valence-corrected chi connectivity index (χ0v) is 27.0. The minimum Gasteiger partial charge on any atom is -0.464 e. The standard InChI is InChI=1S/C48H28O2/c1-2-13-29(14-3-1)42-28-49-43-26-25-39-38-23-12-24-40(47(38)50-48(39)46(42)43)44-34-19-8-10-21-36(34)45(37-22-11-9-20-35(37)44)41-27-30-15-4-5-16-31(30)32-17-6-7-18-33(32)41/h1-28H. The summed E-state index contributed by atoms with van der Waals surface area (Å²) in [4.78, 5) is 0. The summed E-state index contributed by atoms with van der Waals surface area (Å²) in [6, 6.07) is 58.8. The first kappa shape index (κ1) is 27.3. The molecule has 0 fully saturated rings. The van der Waals surface area contributed by atoms with E-state index in [2.05, 4.69) is 158 Å². The van der Waals surface area contributed by atoms with E-state index in [-0.39, 0.29) is 0 Å². The van der Waals surface area contributed by atoms with Crippen LogP contribution in [0.4, 0.5) is 0 Å². The van der Waals surface area contributed by atoms with Crippen LogP contribution in [0.15, 0.2) is 179 Å². The molecule has 50 heavy (non-hydrogen) atoms. The predicted octanol–water partition coefficient (Wildman–Crippen LogP) is 13.9. The molecule has 0 radical (unpaired) electrons. The Balaban J connectivity index is 1.26. The van der Waals surface area contributed by atoms with Gasteiger partial charge < -0.3 is 8.83 Å². The van der Waals surface area contributed by atoms with Crippen LogP contribution in [0.2, 0.25) is 0 Å². The third kappa shape index (κ3) is 3.79. The van der Waals surface area contributed by atoms with Gasteiger partial charge in [0.15, 0.2) is 0 Å². The molecule has 2 nitrogen and oxygen atoms in total. The van der Waals surface area contributed by atoms with Gasteiger partial charge in [-0.3, -0.25) is 0 Å². The van der Waals surface area contributed by atoms with Crippen molar-refractivity contribution in [3.8, 4) is 33.4 Å². The van der Waals surface area contributed by atoms with E-state index >= 15 is 0 Å². The minimum atomic E-state index is 0.819. The highest BCUT2D eigenvalue weighted by atomic mass is 16.3. The number of fused-ring (bicyclic) bond motifs is 10. The lowest BCUT2D eigenvalue weighted by Gasteiger charge is -2.19. The lowest BCUT2D eigenvalue weighted by molar-refractivity contribution is 0.616. The van der Waals surface area contributed by atoms with Gasteiger partial charge in [0.1, 0.15) is 16.7 Å². The molecule has 232 valence electrons. The molecule has 11 aromatic rings. The number of hydrogen-bond acceptors (Lipinski definition) is 2. The second kappa shape index (κ2) is 10.4. The number of para-hydroxylation sites is 1. The minimum absolute atomic E-state index is 0.819. The lowest BCUT2D eigenvalue weighted by Crippen LogP contribution is -1.92. The van der Waals surface area contributed by atoms with Crippen molar-refractivity contribution < 1.29 is 8.83 Å². The Morgan fingerprint density at radius 1 is 0.340 bits per heavy atom. The van der Waals surface area contributed by atoms with Gasteiger partial charge in [-0.05, 0) is 78.0 Å². The third-order valence-electron chi connectivity index (χ3n) is 10.5. The van der Waals surface area contributed by atoms with E-state index in [9.17, 15) is 0 Å². The molecule has 0 atom stereocenters. The maximum absolute atomic E-state index is 7.03. The van der Waals surface area contributed by atoms with Gasteiger partial charge in [0.2, 0.25) is 0 Å². The highest BCUT2D eigenvalue weighted by Gasteiger charge is 2.23. The monoisotopic (exact) mass is 636 g/mol. The van der Waals surface area contributed by atoms with Crippen LogP contribution in [0, 0.1) is 0 Å². The molecule has 2 aromatic heterocycles. The first-order chi connectivity index (χ1) is 24.8.